The quantitative estimate of drug-likeness (QED) is 0.630. The van der Waals surface area contributed by atoms with Crippen molar-refractivity contribution in [2.45, 2.75) is 58.6 Å². The van der Waals surface area contributed by atoms with Crippen LogP contribution in [0.25, 0.3) is 0 Å². The highest BCUT2D eigenvalue weighted by Crippen LogP contribution is 2.10. The molecule has 0 bridgehead atoms. The van der Waals surface area contributed by atoms with Crippen molar-refractivity contribution in [3.05, 3.63) is 0 Å². The highest BCUT2D eigenvalue weighted by atomic mass is 16.5. The molecule has 0 aliphatic rings. The van der Waals surface area contributed by atoms with Crippen LogP contribution in [0, 0.1) is 0 Å². The molecule has 0 radical (unpaired) electrons. The van der Waals surface area contributed by atoms with Crippen molar-refractivity contribution in [2.75, 3.05) is 13.7 Å². The summed E-state index contributed by atoms with van der Waals surface area (Å²) in [5.41, 5.74) is 0. The molecule has 0 heterocycles. The number of unbranched alkanes of at least 4 members (excludes halogenated alkanes) is 1. The summed E-state index contributed by atoms with van der Waals surface area (Å²) < 4.78 is 5.68. The Balaban J connectivity index is 3.84. The number of ether oxygens (including phenoxy) is 1. The normalized spacial score (nSPS) is 15.7. The van der Waals surface area contributed by atoms with Gasteiger partial charge < -0.3 is 10.1 Å². The maximum absolute atomic E-state index is 5.68. The third-order valence-corrected chi connectivity index (χ3v) is 2.47. The monoisotopic (exact) mass is 187 g/mol. The lowest BCUT2D eigenvalue weighted by atomic mass is 10.0. The van der Waals surface area contributed by atoms with Crippen molar-refractivity contribution in [1.82, 2.24) is 5.32 Å². The molecular formula is C11H25NO. The standard InChI is InChI=1S/C11H25NO/c1-5-8-9-10(12-4)11(6-2)13-7-3/h10-12H,5-9H2,1-4H3. The number of nitrogens with one attached hydrogen (secondary N) is 1. The van der Waals surface area contributed by atoms with Crippen LogP contribution in [0.1, 0.15) is 46.5 Å². The Labute approximate surface area is 83.1 Å². The van der Waals surface area contributed by atoms with Gasteiger partial charge in [0.2, 0.25) is 0 Å². The molecule has 0 saturated carbocycles. The molecular weight excluding hydrogens is 162 g/mol. The largest absolute Gasteiger partial charge is 0.377 e. The van der Waals surface area contributed by atoms with Gasteiger partial charge in [0.1, 0.15) is 0 Å². The second-order valence-electron chi connectivity index (χ2n) is 3.44. The van der Waals surface area contributed by atoms with Gasteiger partial charge in [-0.15, -0.1) is 0 Å². The SMILES string of the molecule is CCCCC(NC)C(CC)OCC. The molecule has 0 aromatic carbocycles. The van der Waals surface area contributed by atoms with Crippen molar-refractivity contribution in [2.24, 2.45) is 0 Å². The highest BCUT2D eigenvalue weighted by Gasteiger charge is 2.17. The third-order valence-electron chi connectivity index (χ3n) is 2.47. The molecule has 0 amide bonds. The molecule has 0 aliphatic carbocycles. The summed E-state index contributed by atoms with van der Waals surface area (Å²) in [4.78, 5) is 0. The van der Waals surface area contributed by atoms with E-state index in [1.165, 1.54) is 19.3 Å². The zero-order valence-electron chi connectivity index (χ0n) is 9.60. The summed E-state index contributed by atoms with van der Waals surface area (Å²) in [7, 11) is 2.03. The van der Waals surface area contributed by atoms with E-state index in [9.17, 15) is 0 Å². The fourth-order valence-electron chi connectivity index (χ4n) is 1.67. The molecule has 0 aromatic rings. The zero-order chi connectivity index (χ0) is 10.1. The van der Waals surface area contributed by atoms with Gasteiger partial charge >= 0.3 is 0 Å². The Kier molecular flexibility index (Phi) is 8.46. The molecule has 2 nitrogen and oxygen atoms in total. The summed E-state index contributed by atoms with van der Waals surface area (Å²) in [6, 6.07) is 0.532. The van der Waals surface area contributed by atoms with E-state index in [2.05, 4.69) is 26.1 Å². The molecule has 0 saturated heterocycles. The van der Waals surface area contributed by atoms with E-state index in [1.807, 2.05) is 7.05 Å². The first-order valence-electron chi connectivity index (χ1n) is 5.58. The first-order valence-corrected chi connectivity index (χ1v) is 5.58. The molecule has 80 valence electrons. The average molecular weight is 187 g/mol. The van der Waals surface area contributed by atoms with E-state index >= 15 is 0 Å². The predicted octanol–water partition coefficient (Wildman–Crippen LogP) is 2.58. The lowest BCUT2D eigenvalue weighted by Crippen LogP contribution is -2.39. The van der Waals surface area contributed by atoms with Gasteiger partial charge in [0.05, 0.1) is 6.10 Å². The maximum Gasteiger partial charge on any atom is 0.0725 e. The topological polar surface area (TPSA) is 21.3 Å². The van der Waals surface area contributed by atoms with Gasteiger partial charge in [-0.3, -0.25) is 0 Å². The Bertz CT molecular complexity index is 106. The van der Waals surface area contributed by atoms with Crippen LogP contribution in [0.2, 0.25) is 0 Å². The van der Waals surface area contributed by atoms with Gasteiger partial charge in [-0.1, -0.05) is 26.7 Å². The highest BCUT2D eigenvalue weighted by molar-refractivity contribution is 4.74. The van der Waals surface area contributed by atoms with Crippen LogP contribution in [-0.4, -0.2) is 25.8 Å². The van der Waals surface area contributed by atoms with E-state index in [-0.39, 0.29) is 0 Å². The van der Waals surface area contributed by atoms with Crippen molar-refractivity contribution < 1.29 is 4.74 Å². The maximum atomic E-state index is 5.68. The van der Waals surface area contributed by atoms with Gasteiger partial charge in [0.15, 0.2) is 0 Å². The Morgan fingerprint density at radius 2 is 1.92 bits per heavy atom. The van der Waals surface area contributed by atoms with Crippen LogP contribution in [0.5, 0.6) is 0 Å². The molecule has 0 rings (SSSR count). The number of hydrogen-bond donors (Lipinski definition) is 1. The van der Waals surface area contributed by atoms with E-state index in [0.717, 1.165) is 13.0 Å². The second-order valence-corrected chi connectivity index (χ2v) is 3.44. The van der Waals surface area contributed by atoms with Gasteiger partial charge in [-0.2, -0.15) is 0 Å². The first-order chi connectivity index (χ1) is 6.29. The van der Waals surface area contributed by atoms with Crippen molar-refractivity contribution in [1.29, 1.82) is 0 Å². The molecule has 2 heteroatoms. The van der Waals surface area contributed by atoms with Gasteiger partial charge in [0, 0.05) is 12.6 Å². The minimum Gasteiger partial charge on any atom is -0.377 e. The summed E-state index contributed by atoms with van der Waals surface area (Å²) in [6.07, 6.45) is 5.27. The lowest BCUT2D eigenvalue weighted by Gasteiger charge is -2.25. The van der Waals surface area contributed by atoms with Crippen molar-refractivity contribution >= 4 is 0 Å². The third kappa shape index (κ3) is 5.27. The number of likely N-dealkylation sites (N-methyl/N-ethyl adjacent to an activating group) is 1. The molecule has 0 aromatic heterocycles. The van der Waals surface area contributed by atoms with Crippen LogP contribution < -0.4 is 5.32 Å². The minimum atomic E-state index is 0.390. The van der Waals surface area contributed by atoms with E-state index in [1.54, 1.807) is 0 Å². The zero-order valence-corrected chi connectivity index (χ0v) is 9.60. The predicted molar refractivity (Wildman–Crippen MR) is 58.1 cm³/mol. The van der Waals surface area contributed by atoms with E-state index in [4.69, 9.17) is 4.74 Å². The van der Waals surface area contributed by atoms with Crippen LogP contribution >= 0.6 is 0 Å². The molecule has 0 aliphatic heterocycles. The summed E-state index contributed by atoms with van der Waals surface area (Å²) >= 11 is 0. The van der Waals surface area contributed by atoms with Crippen LogP contribution in [-0.2, 0) is 4.74 Å². The Morgan fingerprint density at radius 1 is 1.23 bits per heavy atom. The summed E-state index contributed by atoms with van der Waals surface area (Å²) in [5.74, 6) is 0. The van der Waals surface area contributed by atoms with Crippen LogP contribution in [0.4, 0.5) is 0 Å². The fourth-order valence-corrected chi connectivity index (χ4v) is 1.67. The van der Waals surface area contributed by atoms with Crippen molar-refractivity contribution in [3.8, 4) is 0 Å². The van der Waals surface area contributed by atoms with Crippen LogP contribution in [0.15, 0.2) is 0 Å². The van der Waals surface area contributed by atoms with Gasteiger partial charge in [-0.05, 0) is 26.8 Å². The van der Waals surface area contributed by atoms with E-state index < -0.39 is 0 Å². The Hall–Kier alpha value is -0.0800. The fraction of sp³-hybridized carbons (Fsp3) is 1.00. The number of hydrogen-bond acceptors (Lipinski definition) is 2. The minimum absolute atomic E-state index is 0.390. The average Bonchev–Trinajstić information content (AvgIpc) is 2.17. The van der Waals surface area contributed by atoms with Crippen LogP contribution in [0.3, 0.4) is 0 Å². The van der Waals surface area contributed by atoms with Gasteiger partial charge in [-0.25, -0.2) is 0 Å². The van der Waals surface area contributed by atoms with Crippen molar-refractivity contribution in [3.63, 3.8) is 0 Å². The first kappa shape index (κ1) is 12.9. The second kappa shape index (κ2) is 8.52. The summed E-state index contributed by atoms with van der Waals surface area (Å²) in [6.45, 7) is 7.31. The smallest absolute Gasteiger partial charge is 0.0725 e. The number of rotatable bonds is 8. The van der Waals surface area contributed by atoms with E-state index in [0.29, 0.717) is 12.1 Å². The molecule has 0 fully saturated rings. The Morgan fingerprint density at radius 3 is 2.31 bits per heavy atom. The molecule has 13 heavy (non-hydrogen) atoms. The molecule has 2 unspecified atom stereocenters. The lowest BCUT2D eigenvalue weighted by molar-refractivity contribution is 0.0311. The molecule has 2 atom stereocenters. The molecule has 1 N–H and O–H groups in total. The molecule has 0 spiro atoms. The summed E-state index contributed by atoms with van der Waals surface area (Å²) in [5, 5.41) is 3.35. The van der Waals surface area contributed by atoms with Gasteiger partial charge in [0.25, 0.3) is 0 Å².